The van der Waals surface area contributed by atoms with Gasteiger partial charge in [-0.05, 0) is 42.5 Å². The molecule has 1 saturated heterocycles. The molecule has 0 bridgehead atoms. The Labute approximate surface area is 120 Å². The Morgan fingerprint density at radius 1 is 1.25 bits per heavy atom. The Kier molecular flexibility index (Phi) is 3.70. The summed E-state index contributed by atoms with van der Waals surface area (Å²) in [6, 6.07) is 15.5. The van der Waals surface area contributed by atoms with Crippen molar-refractivity contribution in [3.8, 4) is 0 Å². The van der Waals surface area contributed by atoms with Crippen molar-refractivity contribution < 1.29 is 0 Å². The van der Waals surface area contributed by atoms with Gasteiger partial charge in [0.25, 0.3) is 0 Å². The fourth-order valence-electron chi connectivity index (χ4n) is 3.11. The summed E-state index contributed by atoms with van der Waals surface area (Å²) in [4.78, 5) is 6.59. The molecule has 0 spiro atoms. The lowest BCUT2D eigenvalue weighted by molar-refractivity contribution is 0.259. The quantitative estimate of drug-likeness (QED) is 0.929. The summed E-state index contributed by atoms with van der Waals surface area (Å²) in [6.07, 6.45) is 3.02. The van der Waals surface area contributed by atoms with Crippen LogP contribution in [0.15, 0.2) is 48.7 Å². The third-order valence-corrected chi connectivity index (χ3v) is 4.21. The van der Waals surface area contributed by atoms with E-state index in [0.717, 1.165) is 13.1 Å². The minimum Gasteiger partial charge on any atom is -0.384 e. The van der Waals surface area contributed by atoms with Gasteiger partial charge in [0, 0.05) is 25.3 Å². The molecule has 0 aliphatic carbocycles. The van der Waals surface area contributed by atoms with Crippen LogP contribution in [0.5, 0.6) is 0 Å². The number of nitrogen functional groups attached to an aromatic ring is 1. The number of aromatic nitrogens is 1. The van der Waals surface area contributed by atoms with Crippen LogP contribution in [0.1, 0.15) is 30.4 Å². The van der Waals surface area contributed by atoms with Crippen molar-refractivity contribution in [1.82, 2.24) is 9.88 Å². The van der Waals surface area contributed by atoms with Crippen LogP contribution in [0, 0.1) is 0 Å². The molecule has 0 radical (unpaired) electrons. The predicted molar refractivity (Wildman–Crippen MR) is 82.3 cm³/mol. The third-order valence-electron chi connectivity index (χ3n) is 4.21. The van der Waals surface area contributed by atoms with Crippen molar-refractivity contribution in [3.63, 3.8) is 0 Å². The van der Waals surface area contributed by atoms with E-state index in [1.807, 2.05) is 6.07 Å². The third kappa shape index (κ3) is 2.83. The van der Waals surface area contributed by atoms with Crippen LogP contribution in [0.4, 0.5) is 5.82 Å². The molecule has 2 aromatic rings. The van der Waals surface area contributed by atoms with E-state index in [0.29, 0.717) is 17.8 Å². The van der Waals surface area contributed by atoms with Gasteiger partial charge >= 0.3 is 0 Å². The van der Waals surface area contributed by atoms with Crippen LogP contribution in [-0.2, 0) is 6.54 Å². The number of benzene rings is 1. The molecular formula is C17H21N3. The normalized spacial score (nSPS) is 23.1. The standard InChI is InChI=1S/C17H21N3/c1-13-9-16(15-5-3-2-4-6-15)12-20(13)11-14-7-8-19-17(18)10-14/h2-8,10,13,16H,9,11-12H2,1H3,(H2,18,19)/t13-,16+/m1/s1. The van der Waals surface area contributed by atoms with Crippen LogP contribution >= 0.6 is 0 Å². The van der Waals surface area contributed by atoms with Crippen LogP contribution < -0.4 is 5.73 Å². The predicted octanol–water partition coefficient (Wildman–Crippen LogP) is 3.04. The molecule has 3 rings (SSSR count). The summed E-state index contributed by atoms with van der Waals surface area (Å²) in [5.74, 6) is 1.25. The lowest BCUT2D eigenvalue weighted by atomic mass is 9.97. The van der Waals surface area contributed by atoms with E-state index in [1.165, 1.54) is 17.5 Å². The number of likely N-dealkylation sites (tertiary alicyclic amines) is 1. The molecule has 20 heavy (non-hydrogen) atoms. The van der Waals surface area contributed by atoms with Crippen molar-refractivity contribution in [3.05, 3.63) is 59.8 Å². The molecule has 1 aliphatic heterocycles. The fraction of sp³-hybridized carbons (Fsp3) is 0.353. The zero-order chi connectivity index (χ0) is 13.9. The number of rotatable bonds is 3. The van der Waals surface area contributed by atoms with Crippen molar-refractivity contribution in [2.45, 2.75) is 31.8 Å². The second-order valence-corrected chi connectivity index (χ2v) is 5.71. The molecule has 104 valence electrons. The highest BCUT2D eigenvalue weighted by Crippen LogP contribution is 2.32. The maximum Gasteiger partial charge on any atom is 0.123 e. The summed E-state index contributed by atoms with van der Waals surface area (Å²) in [5.41, 5.74) is 8.46. The Balaban J connectivity index is 1.70. The number of anilines is 1. The van der Waals surface area contributed by atoms with Crippen LogP contribution in [-0.4, -0.2) is 22.5 Å². The van der Waals surface area contributed by atoms with Gasteiger partial charge in [-0.25, -0.2) is 4.98 Å². The van der Waals surface area contributed by atoms with Gasteiger partial charge in [-0.15, -0.1) is 0 Å². The summed E-state index contributed by atoms with van der Waals surface area (Å²) >= 11 is 0. The van der Waals surface area contributed by atoms with Gasteiger partial charge in [-0.3, -0.25) is 4.90 Å². The van der Waals surface area contributed by atoms with Gasteiger partial charge in [-0.2, -0.15) is 0 Å². The minimum atomic E-state index is 0.606. The van der Waals surface area contributed by atoms with Gasteiger partial charge < -0.3 is 5.73 Å². The molecular weight excluding hydrogens is 246 g/mol. The second-order valence-electron chi connectivity index (χ2n) is 5.71. The monoisotopic (exact) mass is 267 g/mol. The zero-order valence-electron chi connectivity index (χ0n) is 11.9. The maximum absolute atomic E-state index is 5.76. The highest BCUT2D eigenvalue weighted by atomic mass is 15.2. The molecule has 1 fully saturated rings. The highest BCUT2D eigenvalue weighted by Gasteiger charge is 2.29. The molecule has 0 unspecified atom stereocenters. The fourth-order valence-corrected chi connectivity index (χ4v) is 3.11. The van der Waals surface area contributed by atoms with Crippen LogP contribution in [0.3, 0.4) is 0 Å². The molecule has 3 nitrogen and oxygen atoms in total. The largest absolute Gasteiger partial charge is 0.384 e. The van der Waals surface area contributed by atoms with Crippen LogP contribution in [0.2, 0.25) is 0 Å². The molecule has 1 aromatic heterocycles. The number of hydrogen-bond acceptors (Lipinski definition) is 3. The lowest BCUT2D eigenvalue weighted by Crippen LogP contribution is -2.26. The van der Waals surface area contributed by atoms with Gasteiger partial charge in [0.15, 0.2) is 0 Å². The topological polar surface area (TPSA) is 42.2 Å². The lowest BCUT2D eigenvalue weighted by Gasteiger charge is -2.21. The molecule has 1 aromatic carbocycles. The van der Waals surface area contributed by atoms with Gasteiger partial charge in [0.05, 0.1) is 0 Å². The van der Waals surface area contributed by atoms with Gasteiger partial charge in [-0.1, -0.05) is 30.3 Å². The molecule has 2 N–H and O–H groups in total. The van der Waals surface area contributed by atoms with Crippen LogP contribution in [0.25, 0.3) is 0 Å². The number of nitrogens with two attached hydrogens (primary N) is 1. The van der Waals surface area contributed by atoms with E-state index < -0.39 is 0 Å². The second kappa shape index (κ2) is 5.63. The number of pyridine rings is 1. The van der Waals surface area contributed by atoms with Crippen molar-refractivity contribution in [2.75, 3.05) is 12.3 Å². The molecule has 2 heterocycles. The van der Waals surface area contributed by atoms with Crippen molar-refractivity contribution in [2.24, 2.45) is 0 Å². The Morgan fingerprint density at radius 3 is 2.80 bits per heavy atom. The smallest absolute Gasteiger partial charge is 0.123 e. The van der Waals surface area contributed by atoms with E-state index >= 15 is 0 Å². The highest BCUT2D eigenvalue weighted by molar-refractivity contribution is 5.32. The minimum absolute atomic E-state index is 0.606. The molecule has 0 amide bonds. The average Bonchev–Trinajstić information content (AvgIpc) is 2.81. The van der Waals surface area contributed by atoms with Crippen molar-refractivity contribution in [1.29, 1.82) is 0 Å². The Hall–Kier alpha value is -1.87. The summed E-state index contributed by atoms with van der Waals surface area (Å²) < 4.78 is 0. The Morgan fingerprint density at radius 2 is 2.05 bits per heavy atom. The first-order chi connectivity index (χ1) is 9.72. The summed E-state index contributed by atoms with van der Waals surface area (Å²) in [5, 5.41) is 0. The molecule has 1 aliphatic rings. The SMILES string of the molecule is C[C@@H]1C[C@H](c2ccccc2)CN1Cc1ccnc(N)c1. The summed E-state index contributed by atoms with van der Waals surface area (Å²) in [7, 11) is 0. The van der Waals surface area contributed by atoms with E-state index in [2.05, 4.69) is 53.2 Å². The van der Waals surface area contributed by atoms with E-state index in [1.54, 1.807) is 6.20 Å². The van der Waals surface area contributed by atoms with E-state index in [9.17, 15) is 0 Å². The first-order valence-corrected chi connectivity index (χ1v) is 7.22. The molecule has 3 heteroatoms. The molecule has 0 saturated carbocycles. The average molecular weight is 267 g/mol. The maximum atomic E-state index is 5.76. The first-order valence-electron chi connectivity index (χ1n) is 7.22. The summed E-state index contributed by atoms with van der Waals surface area (Å²) in [6.45, 7) is 4.39. The van der Waals surface area contributed by atoms with E-state index in [4.69, 9.17) is 5.73 Å². The van der Waals surface area contributed by atoms with Crippen molar-refractivity contribution >= 4 is 5.82 Å². The first kappa shape index (κ1) is 13.1. The Bertz CT molecular complexity index is 567. The molecule has 2 atom stereocenters. The zero-order valence-corrected chi connectivity index (χ0v) is 11.9. The van der Waals surface area contributed by atoms with Gasteiger partial charge in [0.2, 0.25) is 0 Å². The van der Waals surface area contributed by atoms with E-state index in [-0.39, 0.29) is 0 Å². The number of hydrogen-bond donors (Lipinski definition) is 1. The van der Waals surface area contributed by atoms with Gasteiger partial charge in [0.1, 0.15) is 5.82 Å². The number of nitrogens with zero attached hydrogens (tertiary/aromatic N) is 2.